The molecule has 1 amide bonds. The first-order valence-electron chi connectivity index (χ1n) is 10.5. The highest BCUT2D eigenvalue weighted by atomic mass is 16.2. The predicted molar refractivity (Wildman–Crippen MR) is 111 cm³/mol. The number of aromatic nitrogens is 4. The maximum Gasteiger partial charge on any atom is 0.226 e. The molecular weight excluding hydrogens is 364 g/mol. The molecule has 5 heterocycles. The van der Waals surface area contributed by atoms with Crippen molar-refractivity contribution in [2.75, 3.05) is 24.5 Å². The number of anilines is 1. The highest BCUT2D eigenvalue weighted by Gasteiger charge is 2.42. The fourth-order valence-corrected chi connectivity index (χ4v) is 4.79. The molecular formula is C22H26N6O. The Hall–Kier alpha value is -2.96. The SMILES string of the molecule is Cc1cccc(N2CCN3C(=O)[C@@H](CCCc4cccc5ncnn45)C[C@H]3C2)n1. The van der Waals surface area contributed by atoms with Gasteiger partial charge in [0.15, 0.2) is 5.65 Å². The van der Waals surface area contributed by atoms with E-state index in [-0.39, 0.29) is 5.92 Å². The summed E-state index contributed by atoms with van der Waals surface area (Å²) in [6.45, 7) is 4.57. The van der Waals surface area contributed by atoms with Crippen molar-refractivity contribution < 1.29 is 4.79 Å². The molecule has 7 heteroatoms. The lowest BCUT2D eigenvalue weighted by Gasteiger charge is -2.38. The normalized spacial score (nSPS) is 21.8. The van der Waals surface area contributed by atoms with Gasteiger partial charge in [0.05, 0.1) is 6.04 Å². The smallest absolute Gasteiger partial charge is 0.226 e. The van der Waals surface area contributed by atoms with Crippen LogP contribution in [0.25, 0.3) is 5.65 Å². The van der Waals surface area contributed by atoms with Gasteiger partial charge in [0.25, 0.3) is 0 Å². The average Bonchev–Trinajstić information content (AvgIpc) is 3.33. The van der Waals surface area contributed by atoms with Crippen LogP contribution in [0, 0.1) is 12.8 Å². The van der Waals surface area contributed by atoms with E-state index >= 15 is 0 Å². The summed E-state index contributed by atoms with van der Waals surface area (Å²) in [7, 11) is 0. The fraction of sp³-hybridized carbons (Fsp3) is 0.455. The Balaban J connectivity index is 1.20. The van der Waals surface area contributed by atoms with E-state index in [1.165, 1.54) is 0 Å². The summed E-state index contributed by atoms with van der Waals surface area (Å²) in [5.41, 5.74) is 3.06. The molecule has 5 rings (SSSR count). The van der Waals surface area contributed by atoms with Gasteiger partial charge in [-0.05, 0) is 56.9 Å². The molecule has 3 aromatic rings. The molecule has 0 unspecified atom stereocenters. The van der Waals surface area contributed by atoms with Gasteiger partial charge in [0.1, 0.15) is 12.1 Å². The summed E-state index contributed by atoms with van der Waals surface area (Å²) in [4.78, 5) is 26.3. The molecule has 0 aromatic carbocycles. The minimum Gasteiger partial charge on any atom is -0.353 e. The monoisotopic (exact) mass is 390 g/mol. The number of hydrogen-bond donors (Lipinski definition) is 0. The molecule has 3 aromatic heterocycles. The van der Waals surface area contributed by atoms with E-state index in [1.807, 2.05) is 29.6 Å². The number of piperazine rings is 1. The Kier molecular flexibility index (Phi) is 4.66. The zero-order valence-electron chi connectivity index (χ0n) is 16.7. The van der Waals surface area contributed by atoms with Crippen molar-refractivity contribution in [2.45, 2.75) is 38.6 Å². The van der Waals surface area contributed by atoms with Crippen LogP contribution in [0.2, 0.25) is 0 Å². The highest BCUT2D eigenvalue weighted by molar-refractivity contribution is 5.82. The van der Waals surface area contributed by atoms with E-state index in [0.717, 1.165) is 68.2 Å². The van der Waals surface area contributed by atoms with Crippen LogP contribution in [0.4, 0.5) is 5.82 Å². The molecule has 0 radical (unpaired) electrons. The lowest BCUT2D eigenvalue weighted by molar-refractivity contribution is -0.132. The Labute approximate surface area is 170 Å². The molecule has 150 valence electrons. The van der Waals surface area contributed by atoms with Crippen molar-refractivity contribution >= 4 is 17.4 Å². The van der Waals surface area contributed by atoms with E-state index in [2.05, 4.69) is 43.1 Å². The summed E-state index contributed by atoms with van der Waals surface area (Å²) < 4.78 is 1.90. The molecule has 2 aliphatic heterocycles. The minimum absolute atomic E-state index is 0.139. The van der Waals surface area contributed by atoms with Crippen LogP contribution >= 0.6 is 0 Å². The third kappa shape index (κ3) is 3.45. The third-order valence-corrected chi connectivity index (χ3v) is 6.23. The van der Waals surface area contributed by atoms with Crippen molar-refractivity contribution in [3.8, 4) is 0 Å². The Morgan fingerprint density at radius 2 is 2.03 bits per heavy atom. The van der Waals surface area contributed by atoms with Crippen LogP contribution in [-0.4, -0.2) is 56.1 Å². The summed E-state index contributed by atoms with van der Waals surface area (Å²) >= 11 is 0. The molecule has 0 spiro atoms. The number of aryl methyl sites for hydroxylation is 2. The summed E-state index contributed by atoms with van der Waals surface area (Å²) in [6, 6.07) is 12.5. The van der Waals surface area contributed by atoms with Gasteiger partial charge in [-0.2, -0.15) is 5.10 Å². The number of hydrogen-bond acceptors (Lipinski definition) is 5. The van der Waals surface area contributed by atoms with Crippen LogP contribution in [0.3, 0.4) is 0 Å². The number of amides is 1. The lowest BCUT2D eigenvalue weighted by Crippen LogP contribution is -2.51. The third-order valence-electron chi connectivity index (χ3n) is 6.23. The first-order valence-corrected chi connectivity index (χ1v) is 10.5. The largest absolute Gasteiger partial charge is 0.353 e. The molecule has 2 atom stereocenters. The molecule has 0 aliphatic carbocycles. The van der Waals surface area contributed by atoms with Gasteiger partial charge in [-0.3, -0.25) is 4.79 Å². The number of nitrogens with zero attached hydrogens (tertiary/aromatic N) is 6. The highest BCUT2D eigenvalue weighted by Crippen LogP contribution is 2.32. The Morgan fingerprint density at radius 1 is 1.14 bits per heavy atom. The van der Waals surface area contributed by atoms with Crippen LogP contribution in [0.1, 0.15) is 30.7 Å². The van der Waals surface area contributed by atoms with Gasteiger partial charge >= 0.3 is 0 Å². The van der Waals surface area contributed by atoms with Gasteiger partial charge in [-0.1, -0.05) is 12.1 Å². The van der Waals surface area contributed by atoms with E-state index in [0.29, 0.717) is 11.9 Å². The van der Waals surface area contributed by atoms with Crippen molar-refractivity contribution in [2.24, 2.45) is 5.92 Å². The molecule has 2 aliphatic rings. The maximum absolute atomic E-state index is 12.9. The van der Waals surface area contributed by atoms with Gasteiger partial charge in [-0.25, -0.2) is 14.5 Å². The Morgan fingerprint density at radius 3 is 2.93 bits per heavy atom. The minimum atomic E-state index is 0.139. The fourth-order valence-electron chi connectivity index (χ4n) is 4.79. The molecule has 0 bridgehead atoms. The second kappa shape index (κ2) is 7.46. The zero-order chi connectivity index (χ0) is 19.8. The van der Waals surface area contributed by atoms with Crippen LogP contribution in [0.15, 0.2) is 42.7 Å². The van der Waals surface area contributed by atoms with Crippen molar-refractivity contribution in [1.82, 2.24) is 24.5 Å². The van der Waals surface area contributed by atoms with E-state index in [9.17, 15) is 4.79 Å². The Bertz CT molecular complexity index is 1030. The van der Waals surface area contributed by atoms with Crippen LogP contribution < -0.4 is 4.90 Å². The van der Waals surface area contributed by atoms with E-state index in [4.69, 9.17) is 0 Å². The molecule has 29 heavy (non-hydrogen) atoms. The molecule has 0 saturated carbocycles. The van der Waals surface area contributed by atoms with Crippen molar-refractivity contribution in [3.05, 3.63) is 54.1 Å². The lowest BCUT2D eigenvalue weighted by atomic mass is 9.97. The topological polar surface area (TPSA) is 66.6 Å². The second-order valence-electron chi connectivity index (χ2n) is 8.14. The first-order chi connectivity index (χ1) is 14.2. The number of pyridine rings is 2. The summed E-state index contributed by atoms with van der Waals surface area (Å²) in [6.07, 6.45) is 5.37. The maximum atomic E-state index is 12.9. The van der Waals surface area contributed by atoms with Crippen molar-refractivity contribution in [1.29, 1.82) is 0 Å². The molecule has 0 N–H and O–H groups in total. The number of rotatable bonds is 5. The van der Waals surface area contributed by atoms with E-state index < -0.39 is 0 Å². The second-order valence-corrected chi connectivity index (χ2v) is 8.14. The predicted octanol–water partition coefficient (Wildman–Crippen LogP) is 2.49. The van der Waals surface area contributed by atoms with E-state index in [1.54, 1.807) is 6.33 Å². The van der Waals surface area contributed by atoms with Crippen LogP contribution in [-0.2, 0) is 11.2 Å². The van der Waals surface area contributed by atoms with Gasteiger partial charge in [-0.15, -0.1) is 0 Å². The summed E-state index contributed by atoms with van der Waals surface area (Å²) in [5.74, 6) is 1.51. The molecule has 2 fully saturated rings. The average molecular weight is 390 g/mol. The quantitative estimate of drug-likeness (QED) is 0.670. The number of carbonyl (C=O) groups excluding carboxylic acids is 1. The first kappa shape index (κ1) is 18.1. The van der Waals surface area contributed by atoms with Gasteiger partial charge < -0.3 is 9.80 Å². The number of fused-ring (bicyclic) bond motifs is 2. The van der Waals surface area contributed by atoms with Crippen LogP contribution in [0.5, 0.6) is 0 Å². The summed E-state index contributed by atoms with van der Waals surface area (Å²) in [5, 5.41) is 4.31. The zero-order valence-corrected chi connectivity index (χ0v) is 16.7. The number of carbonyl (C=O) groups is 1. The van der Waals surface area contributed by atoms with Crippen molar-refractivity contribution in [3.63, 3.8) is 0 Å². The van der Waals surface area contributed by atoms with Gasteiger partial charge in [0.2, 0.25) is 5.91 Å². The van der Waals surface area contributed by atoms with Gasteiger partial charge in [0, 0.05) is 36.9 Å². The molecule has 2 saturated heterocycles. The molecule has 7 nitrogen and oxygen atoms in total. The standard InChI is InChI=1S/C22H26N6O/c1-16-5-2-10-21(25-16)26-11-12-27-19(14-26)13-17(22(27)29)6-3-7-18-8-4-9-20-23-15-24-28(18)20/h2,4-5,8-10,15,17,19H,3,6-7,11-14H2,1H3/t17-,19-/m0/s1.